The van der Waals surface area contributed by atoms with Gasteiger partial charge in [-0.05, 0) is 60.2 Å². The first-order valence-corrected chi connectivity index (χ1v) is 15.7. The maximum Gasteiger partial charge on any atom is 0.338 e. The molecule has 9 heteroatoms. The van der Waals surface area contributed by atoms with E-state index in [2.05, 4.69) is 34.8 Å². The van der Waals surface area contributed by atoms with Crippen molar-refractivity contribution in [3.05, 3.63) is 124 Å². The summed E-state index contributed by atoms with van der Waals surface area (Å²) in [4.78, 5) is 32.4. The lowest BCUT2D eigenvalue weighted by Gasteiger charge is -2.25. The molecule has 1 aromatic heterocycles. The lowest BCUT2D eigenvalue weighted by Crippen LogP contribution is -2.39. The van der Waals surface area contributed by atoms with Crippen molar-refractivity contribution < 1.29 is 19.0 Å². The van der Waals surface area contributed by atoms with Gasteiger partial charge >= 0.3 is 5.97 Å². The molecule has 0 fully saturated rings. The number of benzene rings is 3. The number of halogens is 1. The van der Waals surface area contributed by atoms with Crippen molar-refractivity contribution in [2.45, 2.75) is 46.3 Å². The van der Waals surface area contributed by atoms with Crippen LogP contribution in [0.3, 0.4) is 0 Å². The molecule has 0 amide bonds. The molecule has 222 valence electrons. The van der Waals surface area contributed by atoms with Gasteiger partial charge in [-0.2, -0.15) is 0 Å². The highest BCUT2D eigenvalue weighted by molar-refractivity contribution is 9.10. The number of allylic oxidation sites excluding steroid dienone is 1. The number of methoxy groups -OCH3 is 1. The summed E-state index contributed by atoms with van der Waals surface area (Å²) in [6, 6.07) is 20.9. The van der Waals surface area contributed by atoms with E-state index in [0.717, 1.165) is 21.2 Å². The van der Waals surface area contributed by atoms with Crippen LogP contribution in [-0.4, -0.2) is 24.3 Å². The maximum absolute atomic E-state index is 14.0. The van der Waals surface area contributed by atoms with Gasteiger partial charge in [0.1, 0.15) is 6.61 Å². The minimum absolute atomic E-state index is 0.222. The molecule has 43 heavy (non-hydrogen) atoms. The molecule has 3 aromatic carbocycles. The number of carbonyl (C=O) groups excluding carboxylic acids is 1. The van der Waals surface area contributed by atoms with Crippen molar-refractivity contribution in [2.75, 3.05) is 13.7 Å². The lowest BCUT2D eigenvalue weighted by atomic mass is 9.93. The Morgan fingerprint density at radius 1 is 1.09 bits per heavy atom. The molecule has 5 rings (SSSR count). The summed E-state index contributed by atoms with van der Waals surface area (Å²) >= 11 is 4.93. The molecule has 0 radical (unpaired) electrons. The smallest absolute Gasteiger partial charge is 0.338 e. The van der Waals surface area contributed by atoms with Gasteiger partial charge in [0.2, 0.25) is 0 Å². The zero-order valence-electron chi connectivity index (χ0n) is 24.7. The van der Waals surface area contributed by atoms with Gasteiger partial charge in [0.05, 0.1) is 35.6 Å². The fourth-order valence-electron chi connectivity index (χ4n) is 4.98. The van der Waals surface area contributed by atoms with Crippen molar-refractivity contribution >= 4 is 39.3 Å². The summed E-state index contributed by atoms with van der Waals surface area (Å²) in [5.74, 6) is 0.996. The van der Waals surface area contributed by atoms with Crippen LogP contribution < -0.4 is 24.4 Å². The highest BCUT2D eigenvalue weighted by Gasteiger charge is 2.33. The Hall–Kier alpha value is -3.95. The second-order valence-corrected chi connectivity index (χ2v) is 12.3. The Morgan fingerprint density at radius 2 is 1.81 bits per heavy atom. The third kappa shape index (κ3) is 6.38. The van der Waals surface area contributed by atoms with Crippen LogP contribution in [0.15, 0.2) is 92.3 Å². The van der Waals surface area contributed by atoms with Crippen LogP contribution in [0.1, 0.15) is 61.9 Å². The van der Waals surface area contributed by atoms with E-state index in [1.807, 2.05) is 66.7 Å². The van der Waals surface area contributed by atoms with E-state index in [-0.39, 0.29) is 12.2 Å². The fourth-order valence-corrected chi connectivity index (χ4v) is 6.45. The lowest BCUT2D eigenvalue weighted by molar-refractivity contribution is -0.139. The minimum atomic E-state index is -0.662. The topological polar surface area (TPSA) is 79.1 Å². The first-order valence-electron chi connectivity index (χ1n) is 14.1. The molecule has 1 aliphatic rings. The Balaban J connectivity index is 1.59. The number of hydrogen-bond acceptors (Lipinski definition) is 7. The average Bonchev–Trinajstić information content (AvgIpc) is 3.30. The van der Waals surface area contributed by atoms with Crippen LogP contribution in [0.5, 0.6) is 11.5 Å². The van der Waals surface area contributed by atoms with Crippen LogP contribution in [0.4, 0.5) is 0 Å². The van der Waals surface area contributed by atoms with Gasteiger partial charge in [-0.1, -0.05) is 95.7 Å². The fraction of sp³-hybridized carbons (Fsp3) is 0.265. The number of fused-ring (bicyclic) bond motifs is 1. The average molecular weight is 662 g/mol. The molecule has 4 aromatic rings. The van der Waals surface area contributed by atoms with E-state index in [4.69, 9.17) is 14.2 Å². The quantitative estimate of drug-likeness (QED) is 0.198. The summed E-state index contributed by atoms with van der Waals surface area (Å²) in [5, 5.41) is 0. The molecule has 2 heterocycles. The van der Waals surface area contributed by atoms with Gasteiger partial charge in [-0.3, -0.25) is 9.36 Å². The van der Waals surface area contributed by atoms with Crippen LogP contribution in [0.2, 0.25) is 0 Å². The van der Waals surface area contributed by atoms with Crippen LogP contribution in [-0.2, 0) is 16.1 Å². The van der Waals surface area contributed by atoms with Crippen LogP contribution in [0, 0.1) is 0 Å². The second-order valence-electron chi connectivity index (χ2n) is 10.4. The molecule has 0 spiro atoms. The van der Waals surface area contributed by atoms with Crippen molar-refractivity contribution in [3.8, 4) is 11.5 Å². The maximum atomic E-state index is 14.0. The largest absolute Gasteiger partial charge is 0.493 e. The Morgan fingerprint density at radius 3 is 2.47 bits per heavy atom. The monoisotopic (exact) mass is 660 g/mol. The molecule has 0 bridgehead atoms. The number of aromatic nitrogens is 1. The standard InChI is InChI=1S/C34H33BrN2O5S/c1-6-41-33(39)30-21(4)36-34-37(31(30)24-14-12-23(13-15-24)20(2)3)32(38)29(43-34)17-25-16-27(40-5)28(18-26(25)35)42-19-22-10-8-7-9-11-22/h7-18,20,31H,6,19H2,1-5H3/b29-17+/t31-/m0/s1. The highest BCUT2D eigenvalue weighted by Crippen LogP contribution is 2.35. The number of carbonyl (C=O) groups is 1. The van der Waals surface area contributed by atoms with Gasteiger partial charge in [-0.25, -0.2) is 9.79 Å². The van der Waals surface area contributed by atoms with E-state index in [9.17, 15) is 9.59 Å². The molecule has 0 saturated heterocycles. The van der Waals surface area contributed by atoms with E-state index in [0.29, 0.717) is 44.6 Å². The SMILES string of the molecule is CCOC(=O)C1=C(C)N=c2s/c(=C/c3cc(OC)c(OCc4ccccc4)cc3Br)c(=O)n2[C@H]1c1ccc(C(C)C)cc1. The first-order chi connectivity index (χ1) is 20.7. The normalized spacial score (nSPS) is 14.9. The highest BCUT2D eigenvalue weighted by atomic mass is 79.9. The van der Waals surface area contributed by atoms with E-state index in [1.54, 1.807) is 31.6 Å². The van der Waals surface area contributed by atoms with E-state index in [1.165, 1.54) is 16.9 Å². The molecular weight excluding hydrogens is 628 g/mol. The van der Waals surface area contributed by atoms with Crippen LogP contribution in [0.25, 0.3) is 6.08 Å². The molecule has 7 nitrogen and oxygen atoms in total. The van der Waals surface area contributed by atoms with Gasteiger partial charge < -0.3 is 14.2 Å². The van der Waals surface area contributed by atoms with Gasteiger partial charge in [0.25, 0.3) is 5.56 Å². The van der Waals surface area contributed by atoms with E-state index < -0.39 is 12.0 Å². The minimum Gasteiger partial charge on any atom is -0.493 e. The Bertz CT molecular complexity index is 1860. The van der Waals surface area contributed by atoms with Crippen molar-refractivity contribution in [1.29, 1.82) is 0 Å². The summed E-state index contributed by atoms with van der Waals surface area (Å²) < 4.78 is 19.9. The third-order valence-corrected chi connectivity index (χ3v) is 8.91. The summed E-state index contributed by atoms with van der Waals surface area (Å²) in [6.07, 6.45) is 1.81. The molecular formula is C34H33BrN2O5S. The molecule has 0 saturated carbocycles. The van der Waals surface area contributed by atoms with Crippen molar-refractivity contribution in [3.63, 3.8) is 0 Å². The number of nitrogens with zero attached hydrogens (tertiary/aromatic N) is 2. The number of esters is 1. The third-order valence-electron chi connectivity index (χ3n) is 7.24. The van der Waals surface area contributed by atoms with Crippen molar-refractivity contribution in [1.82, 2.24) is 4.57 Å². The summed E-state index contributed by atoms with van der Waals surface area (Å²) in [7, 11) is 1.58. The number of rotatable bonds is 9. The summed E-state index contributed by atoms with van der Waals surface area (Å²) in [5.41, 5.74) is 4.42. The molecule has 0 unspecified atom stereocenters. The van der Waals surface area contributed by atoms with E-state index >= 15 is 0 Å². The zero-order valence-corrected chi connectivity index (χ0v) is 27.1. The molecule has 0 aliphatic carbocycles. The molecule has 0 N–H and O–H groups in total. The predicted molar refractivity (Wildman–Crippen MR) is 172 cm³/mol. The molecule has 1 atom stereocenters. The summed E-state index contributed by atoms with van der Waals surface area (Å²) in [6.45, 7) is 8.42. The Labute approximate surface area is 262 Å². The number of hydrogen-bond donors (Lipinski definition) is 0. The van der Waals surface area contributed by atoms with Crippen LogP contribution >= 0.6 is 27.3 Å². The second kappa shape index (κ2) is 13.1. The first kappa shape index (κ1) is 30.5. The zero-order chi connectivity index (χ0) is 30.7. The number of ether oxygens (including phenoxy) is 3. The van der Waals surface area contributed by atoms with Gasteiger partial charge in [-0.15, -0.1) is 0 Å². The van der Waals surface area contributed by atoms with Crippen molar-refractivity contribution in [2.24, 2.45) is 4.99 Å². The van der Waals surface area contributed by atoms with Gasteiger partial charge in [0, 0.05) is 4.47 Å². The van der Waals surface area contributed by atoms with Gasteiger partial charge in [0.15, 0.2) is 16.3 Å². The molecule has 1 aliphatic heterocycles. The predicted octanol–water partition coefficient (Wildman–Crippen LogP) is 6.27. The Kier molecular flexibility index (Phi) is 9.32. The number of thiazole rings is 1.